The number of methoxy groups -OCH3 is 1. The van der Waals surface area contributed by atoms with Gasteiger partial charge in [0.1, 0.15) is 11.6 Å². The summed E-state index contributed by atoms with van der Waals surface area (Å²) in [5, 5.41) is 11.6. The Morgan fingerprint density at radius 1 is 1.27 bits per heavy atom. The van der Waals surface area contributed by atoms with Crippen LogP contribution in [-0.4, -0.2) is 59.9 Å². The molecule has 1 saturated heterocycles. The molecular weight excluding hydrogens is 466 g/mol. The summed E-state index contributed by atoms with van der Waals surface area (Å²) in [7, 11) is -2.32. The molecule has 0 radical (unpaired) electrons. The average molecular weight is 492 g/mol. The van der Waals surface area contributed by atoms with E-state index in [4.69, 9.17) is 16.3 Å². The van der Waals surface area contributed by atoms with Crippen molar-refractivity contribution in [3.63, 3.8) is 0 Å². The van der Waals surface area contributed by atoms with Crippen LogP contribution in [0, 0.1) is 6.92 Å². The number of benzene rings is 2. The van der Waals surface area contributed by atoms with Crippen molar-refractivity contribution < 1.29 is 17.9 Å². The number of piperidine rings is 1. The number of rotatable bonds is 7. The SMILES string of the molecule is COCCn1nnc2cc(S(=O)(=O)N3CCCCC3C(=O)Nc3cccc(Cl)c3C)ccc21. The number of nitrogens with one attached hydrogen (secondary N) is 1. The number of nitrogens with zero attached hydrogens (tertiary/aromatic N) is 4. The molecule has 1 aliphatic rings. The van der Waals surface area contributed by atoms with Crippen molar-refractivity contribution in [2.24, 2.45) is 0 Å². The number of aromatic nitrogens is 3. The molecule has 1 atom stereocenters. The second-order valence-electron chi connectivity index (χ2n) is 7.98. The molecule has 1 N–H and O–H groups in total. The number of ether oxygens (including phenoxy) is 1. The molecule has 3 aromatic rings. The topological polar surface area (TPSA) is 106 Å². The summed E-state index contributed by atoms with van der Waals surface area (Å²) >= 11 is 6.16. The monoisotopic (exact) mass is 491 g/mol. The normalized spacial score (nSPS) is 17.4. The van der Waals surface area contributed by atoms with Gasteiger partial charge in [-0.15, -0.1) is 5.10 Å². The highest BCUT2D eigenvalue weighted by Gasteiger charge is 2.38. The summed E-state index contributed by atoms with van der Waals surface area (Å²) in [5.74, 6) is -0.366. The lowest BCUT2D eigenvalue weighted by atomic mass is 10.0. The van der Waals surface area contributed by atoms with E-state index >= 15 is 0 Å². The van der Waals surface area contributed by atoms with Gasteiger partial charge in [0.15, 0.2) is 0 Å². The third-order valence-electron chi connectivity index (χ3n) is 5.88. The van der Waals surface area contributed by atoms with Crippen molar-refractivity contribution in [3.8, 4) is 0 Å². The predicted octanol–water partition coefficient (Wildman–Crippen LogP) is 3.22. The molecule has 1 unspecified atom stereocenters. The number of fused-ring (bicyclic) bond motifs is 1. The number of anilines is 1. The lowest BCUT2D eigenvalue weighted by Crippen LogP contribution is -2.49. The van der Waals surface area contributed by atoms with E-state index in [1.165, 1.54) is 16.4 Å². The van der Waals surface area contributed by atoms with E-state index < -0.39 is 16.1 Å². The van der Waals surface area contributed by atoms with Crippen molar-refractivity contribution in [2.45, 2.75) is 43.7 Å². The van der Waals surface area contributed by atoms with Crippen LogP contribution in [0.15, 0.2) is 41.3 Å². The van der Waals surface area contributed by atoms with Gasteiger partial charge in [0.05, 0.1) is 23.6 Å². The van der Waals surface area contributed by atoms with Crippen molar-refractivity contribution in [1.82, 2.24) is 19.3 Å². The van der Waals surface area contributed by atoms with E-state index in [1.54, 1.807) is 36.1 Å². The van der Waals surface area contributed by atoms with Gasteiger partial charge in [0.2, 0.25) is 15.9 Å². The van der Waals surface area contributed by atoms with Crippen LogP contribution in [0.3, 0.4) is 0 Å². The van der Waals surface area contributed by atoms with Crippen LogP contribution in [0.5, 0.6) is 0 Å². The summed E-state index contributed by atoms with van der Waals surface area (Å²) in [4.78, 5) is 13.2. The lowest BCUT2D eigenvalue weighted by Gasteiger charge is -2.33. The number of carbonyl (C=O) groups excluding carboxylic acids is 1. The van der Waals surface area contributed by atoms with Crippen LogP contribution in [-0.2, 0) is 26.1 Å². The van der Waals surface area contributed by atoms with Gasteiger partial charge in [0, 0.05) is 24.4 Å². The molecule has 176 valence electrons. The second kappa shape index (κ2) is 9.76. The first-order valence-corrected chi connectivity index (χ1v) is 12.5. The Morgan fingerprint density at radius 2 is 2.09 bits per heavy atom. The van der Waals surface area contributed by atoms with Crippen LogP contribution in [0.1, 0.15) is 24.8 Å². The molecule has 33 heavy (non-hydrogen) atoms. The quantitative estimate of drug-likeness (QED) is 0.544. The fourth-order valence-electron chi connectivity index (χ4n) is 4.00. The summed E-state index contributed by atoms with van der Waals surface area (Å²) in [6.45, 7) is 3.06. The first kappa shape index (κ1) is 23.6. The molecule has 0 spiro atoms. The fourth-order valence-corrected chi connectivity index (χ4v) is 5.86. The molecule has 1 aromatic heterocycles. The van der Waals surface area contributed by atoms with E-state index in [0.717, 1.165) is 17.5 Å². The summed E-state index contributed by atoms with van der Waals surface area (Å²) in [5.41, 5.74) is 2.50. The Bertz CT molecular complexity index is 1280. The third-order valence-corrected chi connectivity index (χ3v) is 8.19. The van der Waals surface area contributed by atoms with Crippen LogP contribution < -0.4 is 5.32 Å². The number of halogens is 1. The number of carbonyl (C=O) groups is 1. The highest BCUT2D eigenvalue weighted by Crippen LogP contribution is 2.29. The van der Waals surface area contributed by atoms with Crippen LogP contribution in [0.25, 0.3) is 11.0 Å². The summed E-state index contributed by atoms with van der Waals surface area (Å²) in [6.07, 6.45) is 1.90. The zero-order valence-electron chi connectivity index (χ0n) is 18.5. The second-order valence-corrected chi connectivity index (χ2v) is 10.3. The number of amides is 1. The molecule has 11 heteroatoms. The van der Waals surface area contributed by atoms with Gasteiger partial charge in [-0.3, -0.25) is 4.79 Å². The zero-order chi connectivity index (χ0) is 23.6. The summed E-state index contributed by atoms with van der Waals surface area (Å²) in [6, 6.07) is 9.16. The molecule has 1 aliphatic heterocycles. The Balaban J connectivity index is 1.61. The van der Waals surface area contributed by atoms with Crippen molar-refractivity contribution in [2.75, 3.05) is 25.6 Å². The van der Waals surface area contributed by atoms with Gasteiger partial charge >= 0.3 is 0 Å². The Hall–Kier alpha value is -2.53. The molecule has 0 aliphatic carbocycles. The van der Waals surface area contributed by atoms with Crippen molar-refractivity contribution in [1.29, 1.82) is 0 Å². The molecule has 4 rings (SSSR count). The van der Waals surface area contributed by atoms with Crippen LogP contribution >= 0.6 is 11.6 Å². The van der Waals surface area contributed by atoms with Gasteiger partial charge in [-0.2, -0.15) is 4.31 Å². The fraction of sp³-hybridized carbons (Fsp3) is 0.409. The number of hydrogen-bond acceptors (Lipinski definition) is 6. The first-order chi connectivity index (χ1) is 15.8. The third kappa shape index (κ3) is 4.74. The molecule has 2 heterocycles. The van der Waals surface area contributed by atoms with Crippen LogP contribution in [0.4, 0.5) is 5.69 Å². The van der Waals surface area contributed by atoms with E-state index in [9.17, 15) is 13.2 Å². The molecule has 1 amide bonds. The van der Waals surface area contributed by atoms with Gasteiger partial charge in [-0.05, 0) is 55.7 Å². The van der Waals surface area contributed by atoms with E-state index in [-0.39, 0.29) is 17.3 Å². The smallest absolute Gasteiger partial charge is 0.243 e. The van der Waals surface area contributed by atoms with Gasteiger partial charge in [-0.25, -0.2) is 13.1 Å². The van der Waals surface area contributed by atoms with Crippen molar-refractivity contribution >= 4 is 44.3 Å². The highest BCUT2D eigenvalue weighted by molar-refractivity contribution is 7.89. The minimum Gasteiger partial charge on any atom is -0.383 e. The molecule has 2 aromatic carbocycles. The van der Waals surface area contributed by atoms with Gasteiger partial charge < -0.3 is 10.1 Å². The standard InChI is InChI=1S/C22H26ClN5O4S/c1-15-17(23)6-5-7-18(15)24-22(29)21-8-3-4-11-28(21)33(30,31)16-9-10-20-19(14-16)25-26-27(20)12-13-32-2/h5-7,9-10,14,21H,3-4,8,11-13H2,1-2H3,(H,24,29). The lowest BCUT2D eigenvalue weighted by molar-refractivity contribution is -0.120. The molecular formula is C22H26ClN5O4S. The maximum atomic E-state index is 13.5. The molecule has 0 saturated carbocycles. The number of sulfonamides is 1. The number of hydrogen-bond donors (Lipinski definition) is 1. The maximum Gasteiger partial charge on any atom is 0.243 e. The summed E-state index contributed by atoms with van der Waals surface area (Å²) < 4.78 is 35.1. The average Bonchev–Trinajstić information content (AvgIpc) is 3.23. The van der Waals surface area contributed by atoms with Crippen LogP contribution in [0.2, 0.25) is 5.02 Å². The van der Waals surface area contributed by atoms with E-state index in [1.807, 2.05) is 6.92 Å². The Kier molecular flexibility index (Phi) is 6.99. The Labute approximate surface area is 197 Å². The maximum absolute atomic E-state index is 13.5. The van der Waals surface area contributed by atoms with E-state index in [0.29, 0.717) is 42.2 Å². The first-order valence-electron chi connectivity index (χ1n) is 10.7. The Morgan fingerprint density at radius 3 is 2.88 bits per heavy atom. The molecule has 1 fully saturated rings. The zero-order valence-corrected chi connectivity index (χ0v) is 20.1. The minimum atomic E-state index is -3.92. The van der Waals surface area contributed by atoms with E-state index in [2.05, 4.69) is 15.6 Å². The minimum absolute atomic E-state index is 0.0902. The molecule has 9 nitrogen and oxygen atoms in total. The van der Waals surface area contributed by atoms with Gasteiger partial charge in [0.25, 0.3) is 0 Å². The highest BCUT2D eigenvalue weighted by atomic mass is 35.5. The largest absolute Gasteiger partial charge is 0.383 e. The van der Waals surface area contributed by atoms with Gasteiger partial charge in [-0.1, -0.05) is 29.3 Å². The molecule has 0 bridgehead atoms. The predicted molar refractivity (Wildman–Crippen MR) is 126 cm³/mol. The van der Waals surface area contributed by atoms with Crippen molar-refractivity contribution in [3.05, 3.63) is 47.0 Å².